The van der Waals surface area contributed by atoms with Crippen molar-refractivity contribution in [2.45, 2.75) is 56.9 Å². The molecule has 2 saturated heterocycles. The van der Waals surface area contributed by atoms with E-state index in [1.807, 2.05) is 0 Å². The molecule has 0 aromatic carbocycles. The molecule has 14 nitrogen and oxygen atoms in total. The number of aliphatic hydroxyl groups excluding tert-OH is 1. The summed E-state index contributed by atoms with van der Waals surface area (Å²) in [5.74, 6) is -0.611. The number of carbonyl (C=O) groups excluding carboxylic acids is 1. The summed E-state index contributed by atoms with van der Waals surface area (Å²) < 4.78 is 20.7. The van der Waals surface area contributed by atoms with Gasteiger partial charge in [0.2, 0.25) is 0 Å². The topological polar surface area (TPSA) is 179 Å². The Kier molecular flexibility index (Phi) is 7.53. The van der Waals surface area contributed by atoms with Gasteiger partial charge in [-0.3, -0.25) is 0 Å². The average molecular weight is 410 g/mol. The molecule has 1 N–H and O–H groups in total. The first-order chi connectivity index (χ1) is 13.2. The van der Waals surface area contributed by atoms with Crippen LogP contribution in [0.15, 0.2) is 0 Å². The van der Waals surface area contributed by atoms with Gasteiger partial charge in [-0.2, -0.15) is 0 Å². The summed E-state index contributed by atoms with van der Waals surface area (Å²) in [6.45, 7) is 2.77. The molecular formula is C14H22N2O12. The van der Waals surface area contributed by atoms with Crippen molar-refractivity contribution in [1.29, 1.82) is 0 Å². The lowest BCUT2D eigenvalue weighted by Gasteiger charge is -2.26. The first kappa shape index (κ1) is 21.8. The lowest BCUT2D eigenvalue weighted by Crippen LogP contribution is -2.38. The Labute approximate surface area is 158 Å². The van der Waals surface area contributed by atoms with Crippen LogP contribution in [0.25, 0.3) is 0 Å². The molecule has 0 aromatic rings. The van der Waals surface area contributed by atoms with Crippen LogP contribution in [0.5, 0.6) is 0 Å². The predicted octanol–water partition coefficient (Wildman–Crippen LogP) is -0.133. The summed E-state index contributed by atoms with van der Waals surface area (Å²) in [7, 11) is 0. The van der Waals surface area contributed by atoms with Crippen molar-refractivity contribution < 1.29 is 48.7 Å². The van der Waals surface area contributed by atoms with Crippen LogP contribution in [0.3, 0.4) is 0 Å². The molecule has 160 valence electrons. The Bertz CT molecular complexity index is 575. The van der Waals surface area contributed by atoms with E-state index in [9.17, 15) is 30.1 Å². The molecule has 0 spiro atoms. The molecular weight excluding hydrogens is 388 g/mol. The Balaban J connectivity index is 1.76. The van der Waals surface area contributed by atoms with Crippen molar-refractivity contribution in [2.24, 2.45) is 5.92 Å². The van der Waals surface area contributed by atoms with E-state index >= 15 is 0 Å². The van der Waals surface area contributed by atoms with Gasteiger partial charge in [-0.15, -0.1) is 20.2 Å². The summed E-state index contributed by atoms with van der Waals surface area (Å²) in [6, 6.07) is 0. The summed E-state index contributed by atoms with van der Waals surface area (Å²) in [4.78, 5) is 41.6. The van der Waals surface area contributed by atoms with Crippen LogP contribution in [0, 0.1) is 26.1 Å². The molecule has 2 rings (SSSR count). The van der Waals surface area contributed by atoms with Crippen molar-refractivity contribution in [3.05, 3.63) is 20.2 Å². The molecule has 2 aliphatic heterocycles. The zero-order chi connectivity index (χ0) is 20.8. The van der Waals surface area contributed by atoms with Gasteiger partial charge in [-0.25, -0.2) is 4.79 Å². The number of ether oxygens (including phenoxy) is 4. The molecule has 0 saturated carbocycles. The molecule has 2 aliphatic rings. The van der Waals surface area contributed by atoms with Gasteiger partial charge in [0.15, 0.2) is 6.10 Å². The Morgan fingerprint density at radius 2 is 1.79 bits per heavy atom. The van der Waals surface area contributed by atoms with Gasteiger partial charge in [0.25, 0.3) is 10.2 Å². The molecule has 2 heterocycles. The number of aliphatic hydroxyl groups is 1. The predicted molar refractivity (Wildman–Crippen MR) is 84.9 cm³/mol. The van der Waals surface area contributed by atoms with Gasteiger partial charge in [-0.05, 0) is 19.3 Å². The highest BCUT2D eigenvalue weighted by Crippen LogP contribution is 2.29. The van der Waals surface area contributed by atoms with E-state index in [4.69, 9.17) is 18.9 Å². The van der Waals surface area contributed by atoms with Crippen LogP contribution in [0.4, 0.5) is 4.79 Å². The van der Waals surface area contributed by atoms with E-state index in [0.29, 0.717) is 0 Å². The molecule has 14 heteroatoms. The number of fused-ring (bicyclic) bond motifs is 1. The number of nitrogens with zero attached hydrogens (tertiary/aromatic N) is 2. The third kappa shape index (κ3) is 5.77. The van der Waals surface area contributed by atoms with E-state index in [2.05, 4.69) is 9.68 Å². The maximum absolute atomic E-state index is 11.8. The Morgan fingerprint density at radius 1 is 1.14 bits per heavy atom. The highest BCUT2D eigenvalue weighted by atomic mass is 17.0. The number of carbonyl (C=O) groups is 1. The van der Waals surface area contributed by atoms with Gasteiger partial charge in [0.1, 0.15) is 30.5 Å². The van der Waals surface area contributed by atoms with E-state index in [1.54, 1.807) is 0 Å². The third-order valence-electron chi connectivity index (χ3n) is 4.51. The second-order valence-electron chi connectivity index (χ2n) is 6.51. The zero-order valence-electron chi connectivity index (χ0n) is 15.2. The van der Waals surface area contributed by atoms with Gasteiger partial charge in [-0.1, -0.05) is 6.92 Å². The SMILES string of the molecule is CC(CCOC(=O)OC1CO[C@@H]2C(O)CO[C@H]12)C(O[N+](=O)[O-])C(C)O[N+](=O)[O-]. The van der Waals surface area contributed by atoms with Crippen molar-refractivity contribution in [2.75, 3.05) is 19.8 Å². The average Bonchev–Trinajstić information content (AvgIpc) is 3.15. The smallest absolute Gasteiger partial charge is 0.434 e. The molecule has 0 aromatic heterocycles. The van der Waals surface area contributed by atoms with Crippen molar-refractivity contribution in [1.82, 2.24) is 0 Å². The highest BCUT2D eigenvalue weighted by molar-refractivity contribution is 5.60. The summed E-state index contributed by atoms with van der Waals surface area (Å²) in [5, 5.41) is 28.5. The third-order valence-corrected chi connectivity index (χ3v) is 4.51. The molecule has 0 amide bonds. The first-order valence-corrected chi connectivity index (χ1v) is 8.56. The largest absolute Gasteiger partial charge is 0.508 e. The first-order valence-electron chi connectivity index (χ1n) is 8.56. The quantitative estimate of drug-likeness (QED) is 0.287. The minimum absolute atomic E-state index is 0.0619. The molecule has 5 unspecified atom stereocenters. The van der Waals surface area contributed by atoms with Crippen molar-refractivity contribution in [3.63, 3.8) is 0 Å². The minimum Gasteiger partial charge on any atom is -0.434 e. The fourth-order valence-electron chi connectivity index (χ4n) is 3.14. The molecule has 7 atom stereocenters. The van der Waals surface area contributed by atoms with Gasteiger partial charge >= 0.3 is 6.16 Å². The number of hydrogen-bond donors (Lipinski definition) is 1. The highest BCUT2D eigenvalue weighted by Gasteiger charge is 2.49. The Morgan fingerprint density at radius 3 is 2.43 bits per heavy atom. The van der Waals surface area contributed by atoms with Crippen LogP contribution in [0.2, 0.25) is 0 Å². The van der Waals surface area contributed by atoms with Crippen molar-refractivity contribution in [3.8, 4) is 0 Å². The second kappa shape index (κ2) is 9.66. The van der Waals surface area contributed by atoms with Crippen LogP contribution in [-0.4, -0.2) is 77.9 Å². The fourth-order valence-corrected chi connectivity index (χ4v) is 3.14. The van der Waals surface area contributed by atoms with Gasteiger partial charge in [0.05, 0.1) is 19.8 Å². The minimum atomic E-state index is -1.24. The fraction of sp³-hybridized carbons (Fsp3) is 0.929. The van der Waals surface area contributed by atoms with Gasteiger partial charge < -0.3 is 33.7 Å². The second-order valence-corrected chi connectivity index (χ2v) is 6.51. The van der Waals surface area contributed by atoms with Crippen LogP contribution in [0.1, 0.15) is 20.3 Å². The lowest BCUT2D eigenvalue weighted by atomic mass is 9.97. The monoisotopic (exact) mass is 410 g/mol. The molecule has 28 heavy (non-hydrogen) atoms. The molecule has 0 radical (unpaired) electrons. The van der Waals surface area contributed by atoms with E-state index in [0.717, 1.165) is 0 Å². The van der Waals surface area contributed by atoms with Gasteiger partial charge in [0, 0.05) is 0 Å². The zero-order valence-corrected chi connectivity index (χ0v) is 15.2. The lowest BCUT2D eigenvalue weighted by molar-refractivity contribution is -0.799. The normalized spacial score (nSPS) is 29.2. The Hall–Kier alpha value is -2.45. The molecule has 0 bridgehead atoms. The summed E-state index contributed by atoms with van der Waals surface area (Å²) in [6.07, 6.45) is -5.96. The van der Waals surface area contributed by atoms with Crippen LogP contribution >= 0.6 is 0 Å². The summed E-state index contributed by atoms with van der Waals surface area (Å²) in [5.41, 5.74) is 0. The van der Waals surface area contributed by atoms with E-state index in [1.165, 1.54) is 13.8 Å². The number of hydrogen-bond acceptors (Lipinski definition) is 12. The van der Waals surface area contributed by atoms with Crippen LogP contribution < -0.4 is 0 Å². The summed E-state index contributed by atoms with van der Waals surface area (Å²) >= 11 is 0. The standard InChI is InChI=1S/C14H22N2O12/c1-7(11(28-16(21)22)8(2)27-15(19)20)3-4-23-14(18)26-10-6-25-12-9(17)5-24-13(10)12/h7-13,17H,3-6H2,1-2H3/t7?,8?,9?,10?,11?,12-,13-/m1/s1. The molecule has 0 aliphatic carbocycles. The van der Waals surface area contributed by atoms with Crippen LogP contribution in [-0.2, 0) is 28.6 Å². The van der Waals surface area contributed by atoms with Crippen molar-refractivity contribution >= 4 is 6.16 Å². The maximum atomic E-state index is 11.8. The molecule has 2 fully saturated rings. The number of rotatable bonds is 10. The maximum Gasteiger partial charge on any atom is 0.508 e. The van der Waals surface area contributed by atoms with E-state index < -0.39 is 58.9 Å². The van der Waals surface area contributed by atoms with E-state index in [-0.39, 0.29) is 26.2 Å².